The molecule has 20 heavy (non-hydrogen) atoms. The van der Waals surface area contributed by atoms with Gasteiger partial charge in [0.05, 0.1) is 5.69 Å². The van der Waals surface area contributed by atoms with Crippen molar-refractivity contribution in [3.05, 3.63) is 49.6 Å². The summed E-state index contributed by atoms with van der Waals surface area (Å²) in [6.45, 7) is 1.92. The molecule has 0 radical (unpaired) electrons. The molecule has 0 amide bonds. The molecule has 1 N–H and O–H groups in total. The van der Waals surface area contributed by atoms with Gasteiger partial charge < -0.3 is 0 Å². The summed E-state index contributed by atoms with van der Waals surface area (Å²) in [5.41, 5.74) is 1.46. The highest BCUT2D eigenvalue weighted by Gasteiger charge is 2.18. The van der Waals surface area contributed by atoms with Crippen LogP contribution >= 0.6 is 47.8 Å². The van der Waals surface area contributed by atoms with Crippen molar-refractivity contribution in [1.29, 1.82) is 0 Å². The Labute approximate surface area is 142 Å². The molecule has 1 heterocycles. The average Bonchev–Trinajstić information content (AvgIpc) is 2.34. The third-order valence-corrected chi connectivity index (χ3v) is 5.41. The van der Waals surface area contributed by atoms with Crippen LogP contribution in [0.3, 0.4) is 0 Å². The first-order valence-electron chi connectivity index (χ1n) is 5.38. The summed E-state index contributed by atoms with van der Waals surface area (Å²) in [6.07, 6.45) is 2.82. The lowest BCUT2D eigenvalue weighted by atomic mass is 10.2. The predicted octanol–water partition coefficient (Wildman–Crippen LogP) is 4.48. The Morgan fingerprint density at radius 3 is 2.20 bits per heavy atom. The first-order chi connectivity index (χ1) is 9.29. The molecule has 0 spiro atoms. The Morgan fingerprint density at radius 1 is 1.05 bits per heavy atom. The van der Waals surface area contributed by atoms with E-state index in [0.29, 0.717) is 19.1 Å². The molecule has 2 aromatic rings. The van der Waals surface area contributed by atoms with Gasteiger partial charge in [0.25, 0.3) is 10.0 Å². The van der Waals surface area contributed by atoms with E-state index in [4.69, 9.17) is 0 Å². The first-order valence-corrected chi connectivity index (χ1v) is 9.25. The van der Waals surface area contributed by atoms with Crippen molar-refractivity contribution in [2.45, 2.75) is 11.8 Å². The van der Waals surface area contributed by atoms with Crippen molar-refractivity contribution in [1.82, 2.24) is 4.98 Å². The minimum absolute atomic E-state index is 0.0891. The maximum atomic E-state index is 12.3. The Balaban J connectivity index is 2.44. The zero-order valence-electron chi connectivity index (χ0n) is 10.2. The number of pyridine rings is 1. The Hall–Kier alpha value is -0.440. The second kappa shape index (κ2) is 6.13. The van der Waals surface area contributed by atoms with Crippen molar-refractivity contribution < 1.29 is 8.42 Å². The number of hydrogen-bond acceptors (Lipinski definition) is 3. The fourth-order valence-corrected chi connectivity index (χ4v) is 5.01. The van der Waals surface area contributed by atoms with Crippen LogP contribution in [0.2, 0.25) is 0 Å². The van der Waals surface area contributed by atoms with E-state index < -0.39 is 10.0 Å². The summed E-state index contributed by atoms with van der Waals surface area (Å²) >= 11 is 9.92. The summed E-state index contributed by atoms with van der Waals surface area (Å²) < 4.78 is 29.1. The molecule has 0 aliphatic rings. The summed E-state index contributed by atoms with van der Waals surface area (Å²) in [7, 11) is -3.70. The lowest BCUT2D eigenvalue weighted by Gasteiger charge is -2.12. The maximum absolute atomic E-state index is 12.3. The molecule has 0 bridgehead atoms. The van der Waals surface area contributed by atoms with Gasteiger partial charge >= 0.3 is 0 Å². The van der Waals surface area contributed by atoms with E-state index in [1.54, 1.807) is 0 Å². The third kappa shape index (κ3) is 3.60. The number of nitrogens with zero attached hydrogens (tertiary/aromatic N) is 1. The van der Waals surface area contributed by atoms with Crippen molar-refractivity contribution in [3.63, 3.8) is 0 Å². The van der Waals surface area contributed by atoms with Crippen LogP contribution < -0.4 is 4.72 Å². The summed E-state index contributed by atoms with van der Waals surface area (Å²) in [5.74, 6) is 0. The van der Waals surface area contributed by atoms with E-state index in [-0.39, 0.29) is 4.90 Å². The molecule has 0 unspecified atom stereocenters. The van der Waals surface area contributed by atoms with Gasteiger partial charge in [-0.15, -0.1) is 0 Å². The number of anilines is 1. The summed E-state index contributed by atoms with van der Waals surface area (Å²) in [6, 6.07) is 5.16. The van der Waals surface area contributed by atoms with Crippen molar-refractivity contribution in [2.24, 2.45) is 0 Å². The molecule has 106 valence electrons. The number of sulfonamides is 1. The highest BCUT2D eigenvalue weighted by atomic mass is 79.9. The second-order valence-electron chi connectivity index (χ2n) is 4.05. The highest BCUT2D eigenvalue weighted by Crippen LogP contribution is 2.34. The summed E-state index contributed by atoms with van der Waals surface area (Å²) in [4.78, 5) is 3.95. The fourth-order valence-electron chi connectivity index (χ4n) is 1.53. The molecule has 1 aromatic heterocycles. The first kappa shape index (κ1) is 15.9. The van der Waals surface area contributed by atoms with Gasteiger partial charge in [-0.05, 0) is 78.5 Å². The topological polar surface area (TPSA) is 59.1 Å². The zero-order chi connectivity index (χ0) is 14.9. The molecule has 0 saturated carbocycles. The molecular formula is C12H9Br3N2O2S. The van der Waals surface area contributed by atoms with Gasteiger partial charge in [-0.2, -0.15) is 0 Å². The average molecular weight is 485 g/mol. The Bertz CT molecular complexity index is 740. The van der Waals surface area contributed by atoms with Crippen molar-refractivity contribution >= 4 is 63.5 Å². The lowest BCUT2D eigenvalue weighted by Crippen LogP contribution is -2.14. The normalized spacial score (nSPS) is 11.4. The van der Waals surface area contributed by atoms with E-state index in [0.717, 1.165) is 5.56 Å². The number of benzene rings is 1. The van der Waals surface area contributed by atoms with Gasteiger partial charge in [-0.25, -0.2) is 8.42 Å². The van der Waals surface area contributed by atoms with E-state index in [2.05, 4.69) is 57.5 Å². The van der Waals surface area contributed by atoms with Crippen LogP contribution in [0.25, 0.3) is 0 Å². The van der Waals surface area contributed by atoms with Crippen LogP contribution in [0.1, 0.15) is 5.56 Å². The minimum Gasteiger partial charge on any atom is -0.277 e. The smallest absolute Gasteiger partial charge is 0.263 e. The molecule has 0 aliphatic carbocycles. The van der Waals surface area contributed by atoms with Crippen LogP contribution in [-0.2, 0) is 10.0 Å². The number of aryl methyl sites for hydroxylation is 1. The number of rotatable bonds is 3. The largest absolute Gasteiger partial charge is 0.277 e. The van der Waals surface area contributed by atoms with Crippen LogP contribution in [0.4, 0.5) is 5.69 Å². The molecule has 2 rings (SSSR count). The van der Waals surface area contributed by atoms with Gasteiger partial charge in [0, 0.05) is 25.8 Å². The van der Waals surface area contributed by atoms with Gasteiger partial charge in [-0.1, -0.05) is 0 Å². The van der Waals surface area contributed by atoms with Gasteiger partial charge in [-0.3, -0.25) is 9.71 Å². The Kier molecular flexibility index (Phi) is 4.88. The molecule has 0 fully saturated rings. The van der Waals surface area contributed by atoms with Crippen LogP contribution in [0, 0.1) is 6.92 Å². The van der Waals surface area contributed by atoms with E-state index in [1.807, 2.05) is 19.1 Å². The maximum Gasteiger partial charge on any atom is 0.263 e. The lowest BCUT2D eigenvalue weighted by molar-refractivity contribution is 0.600. The standard InChI is InChI=1S/C12H9Br3N2O2S/c1-7-2-10(14)12(11(15)3-7)17-20(18,19)9-4-8(13)5-16-6-9/h2-6,17H,1H3. The zero-order valence-corrected chi connectivity index (χ0v) is 15.8. The van der Waals surface area contributed by atoms with Crippen LogP contribution in [-0.4, -0.2) is 13.4 Å². The van der Waals surface area contributed by atoms with Crippen molar-refractivity contribution in [3.8, 4) is 0 Å². The molecule has 4 nitrogen and oxygen atoms in total. The third-order valence-electron chi connectivity index (χ3n) is 2.41. The van der Waals surface area contributed by atoms with Crippen molar-refractivity contribution in [2.75, 3.05) is 4.72 Å². The minimum atomic E-state index is -3.70. The van der Waals surface area contributed by atoms with Gasteiger partial charge in [0.1, 0.15) is 4.90 Å². The molecule has 0 atom stereocenters. The van der Waals surface area contributed by atoms with E-state index in [1.165, 1.54) is 18.5 Å². The number of halogens is 3. The van der Waals surface area contributed by atoms with E-state index in [9.17, 15) is 8.42 Å². The van der Waals surface area contributed by atoms with Gasteiger partial charge in [0.2, 0.25) is 0 Å². The molecule has 8 heteroatoms. The molecule has 0 saturated heterocycles. The number of aromatic nitrogens is 1. The van der Waals surface area contributed by atoms with Crippen LogP contribution in [0.5, 0.6) is 0 Å². The number of nitrogens with one attached hydrogen (secondary N) is 1. The highest BCUT2D eigenvalue weighted by molar-refractivity contribution is 9.11. The Morgan fingerprint density at radius 2 is 1.65 bits per heavy atom. The predicted molar refractivity (Wildman–Crippen MR) is 89.3 cm³/mol. The van der Waals surface area contributed by atoms with Crippen LogP contribution in [0.15, 0.2) is 48.9 Å². The fraction of sp³-hybridized carbons (Fsp3) is 0.0833. The second-order valence-corrected chi connectivity index (χ2v) is 8.35. The number of hydrogen-bond donors (Lipinski definition) is 1. The summed E-state index contributed by atoms with van der Waals surface area (Å²) in [5, 5.41) is 0. The molecule has 1 aromatic carbocycles. The SMILES string of the molecule is Cc1cc(Br)c(NS(=O)(=O)c2cncc(Br)c2)c(Br)c1. The van der Waals surface area contributed by atoms with Gasteiger partial charge in [0.15, 0.2) is 0 Å². The van der Waals surface area contributed by atoms with E-state index >= 15 is 0 Å². The quantitative estimate of drug-likeness (QED) is 0.699. The molecular weight excluding hydrogens is 476 g/mol. The monoisotopic (exact) mass is 482 g/mol. The molecule has 0 aliphatic heterocycles.